The maximum absolute atomic E-state index is 6.54. The molecule has 0 unspecified atom stereocenters. The molecule has 1 aromatic carbocycles. The quantitative estimate of drug-likeness (QED) is 0.549. The van der Waals surface area contributed by atoms with Crippen molar-refractivity contribution in [2.24, 2.45) is 4.99 Å². The van der Waals surface area contributed by atoms with Crippen LogP contribution in [0.25, 0.3) is 0 Å². The summed E-state index contributed by atoms with van der Waals surface area (Å²) >= 11 is 6.54. The van der Waals surface area contributed by atoms with Crippen molar-refractivity contribution in [2.75, 3.05) is 58.3 Å². The lowest BCUT2D eigenvalue weighted by molar-refractivity contribution is 0.0268. The first-order valence-electron chi connectivity index (χ1n) is 9.64. The Kier molecular flexibility index (Phi) is 8.20. The van der Waals surface area contributed by atoms with Crippen LogP contribution in [-0.4, -0.2) is 69.9 Å². The molecule has 0 spiro atoms. The molecule has 1 heterocycles. The van der Waals surface area contributed by atoms with E-state index in [0.717, 1.165) is 49.3 Å². The molecule has 0 aromatic heterocycles. The minimum Gasteiger partial charge on any atom is -0.377 e. The normalized spacial score (nSPS) is 16.5. The van der Waals surface area contributed by atoms with Crippen LogP contribution in [0.4, 0.5) is 5.69 Å². The van der Waals surface area contributed by atoms with Crippen molar-refractivity contribution in [3.05, 3.63) is 28.8 Å². The third-order valence-corrected chi connectivity index (χ3v) is 5.27. The molecular weight excluding hydrogens is 362 g/mol. The zero-order valence-electron chi connectivity index (χ0n) is 17.3. The van der Waals surface area contributed by atoms with Gasteiger partial charge in [-0.2, -0.15) is 0 Å². The van der Waals surface area contributed by atoms with Gasteiger partial charge in [0.15, 0.2) is 5.96 Å². The average molecular weight is 396 g/mol. The maximum Gasteiger partial charge on any atom is 0.191 e. The van der Waals surface area contributed by atoms with E-state index in [2.05, 4.69) is 40.5 Å². The van der Waals surface area contributed by atoms with E-state index in [1.165, 1.54) is 5.69 Å². The minimum atomic E-state index is -0.258. The second kappa shape index (κ2) is 10.2. The van der Waals surface area contributed by atoms with E-state index in [1.807, 2.05) is 26.0 Å². The number of guanidine groups is 1. The van der Waals surface area contributed by atoms with Crippen molar-refractivity contribution >= 4 is 23.2 Å². The van der Waals surface area contributed by atoms with E-state index < -0.39 is 0 Å². The van der Waals surface area contributed by atoms with Gasteiger partial charge in [0.1, 0.15) is 0 Å². The fourth-order valence-electron chi connectivity index (χ4n) is 2.92. The second-order valence-corrected chi connectivity index (χ2v) is 7.95. The Morgan fingerprint density at radius 2 is 1.93 bits per heavy atom. The Morgan fingerprint density at radius 1 is 1.22 bits per heavy atom. The molecule has 1 aromatic rings. The lowest BCUT2D eigenvalue weighted by Crippen LogP contribution is -2.45. The Balaban J connectivity index is 2.15. The molecule has 2 rings (SSSR count). The fraction of sp³-hybridized carbons (Fsp3) is 0.650. The zero-order valence-corrected chi connectivity index (χ0v) is 18.1. The predicted molar refractivity (Wildman–Crippen MR) is 115 cm³/mol. The molecule has 0 saturated carbocycles. The summed E-state index contributed by atoms with van der Waals surface area (Å²) in [5.74, 6) is 0.770. The molecule has 0 atom stereocenters. The third-order valence-electron chi connectivity index (χ3n) is 4.91. The summed E-state index contributed by atoms with van der Waals surface area (Å²) in [5.41, 5.74) is 2.00. The maximum atomic E-state index is 6.54. The van der Waals surface area contributed by atoms with E-state index in [1.54, 1.807) is 7.11 Å². The van der Waals surface area contributed by atoms with E-state index in [-0.39, 0.29) is 5.60 Å². The van der Waals surface area contributed by atoms with E-state index in [9.17, 15) is 0 Å². The molecule has 0 radical (unpaired) electrons. The van der Waals surface area contributed by atoms with Crippen molar-refractivity contribution < 1.29 is 4.74 Å². The van der Waals surface area contributed by atoms with Gasteiger partial charge in [-0.1, -0.05) is 17.7 Å². The van der Waals surface area contributed by atoms with Crippen LogP contribution >= 0.6 is 11.6 Å². The monoisotopic (exact) mass is 395 g/mol. The van der Waals surface area contributed by atoms with Gasteiger partial charge < -0.3 is 25.2 Å². The molecule has 152 valence electrons. The summed E-state index contributed by atoms with van der Waals surface area (Å²) in [6.07, 6.45) is 0. The molecule has 27 heavy (non-hydrogen) atoms. The van der Waals surface area contributed by atoms with Crippen molar-refractivity contribution in [2.45, 2.75) is 32.9 Å². The minimum absolute atomic E-state index is 0.258. The topological polar surface area (TPSA) is 52.1 Å². The zero-order chi connectivity index (χ0) is 19.9. The lowest BCUT2D eigenvalue weighted by atomic mass is 10.1. The smallest absolute Gasteiger partial charge is 0.191 e. The Labute approximate surface area is 168 Å². The lowest BCUT2D eigenvalue weighted by Gasteiger charge is -2.35. The molecule has 1 aliphatic rings. The van der Waals surface area contributed by atoms with Crippen LogP contribution in [0.2, 0.25) is 5.02 Å². The van der Waals surface area contributed by atoms with Crippen molar-refractivity contribution in [1.82, 2.24) is 15.5 Å². The number of nitrogens with zero attached hydrogens (tertiary/aromatic N) is 3. The van der Waals surface area contributed by atoms with E-state index in [0.29, 0.717) is 13.1 Å². The molecule has 1 fully saturated rings. The number of halogens is 1. The fourth-order valence-corrected chi connectivity index (χ4v) is 3.15. The van der Waals surface area contributed by atoms with Crippen LogP contribution in [0.1, 0.15) is 26.3 Å². The highest BCUT2D eigenvalue weighted by atomic mass is 35.5. The SMILES string of the molecule is CCNC(=NCc1c(Cl)cccc1N1CCN(C)CC1)NCC(C)(C)OC. The number of piperazine rings is 1. The molecule has 1 aliphatic heterocycles. The van der Waals surface area contributed by atoms with Crippen LogP contribution in [0.15, 0.2) is 23.2 Å². The number of aliphatic imine (C=N–C) groups is 1. The number of likely N-dealkylation sites (N-methyl/N-ethyl adjacent to an activating group) is 1. The van der Waals surface area contributed by atoms with Crippen molar-refractivity contribution in [1.29, 1.82) is 0 Å². The second-order valence-electron chi connectivity index (χ2n) is 7.54. The van der Waals surface area contributed by atoms with Crippen LogP contribution in [0, 0.1) is 0 Å². The summed E-state index contributed by atoms with van der Waals surface area (Å²) in [5, 5.41) is 7.42. The Hall–Kier alpha value is -1.50. The third kappa shape index (κ3) is 6.55. The van der Waals surface area contributed by atoms with Crippen molar-refractivity contribution in [3.8, 4) is 0 Å². The number of hydrogen-bond donors (Lipinski definition) is 2. The first-order chi connectivity index (χ1) is 12.9. The Bertz CT molecular complexity index is 627. The molecule has 0 amide bonds. The highest BCUT2D eigenvalue weighted by molar-refractivity contribution is 6.31. The molecule has 0 aliphatic carbocycles. The highest BCUT2D eigenvalue weighted by Crippen LogP contribution is 2.29. The van der Waals surface area contributed by atoms with Crippen molar-refractivity contribution in [3.63, 3.8) is 0 Å². The summed E-state index contributed by atoms with van der Waals surface area (Å²) in [6, 6.07) is 6.12. The van der Waals surface area contributed by atoms with Crippen LogP contribution in [0.3, 0.4) is 0 Å². The number of benzene rings is 1. The Morgan fingerprint density at radius 3 is 2.56 bits per heavy atom. The van der Waals surface area contributed by atoms with Gasteiger partial charge in [-0.05, 0) is 40.0 Å². The van der Waals surface area contributed by atoms with E-state index in [4.69, 9.17) is 21.3 Å². The predicted octanol–water partition coefficient (Wildman–Crippen LogP) is 2.57. The molecule has 2 N–H and O–H groups in total. The van der Waals surface area contributed by atoms with Gasteiger partial charge in [0.2, 0.25) is 0 Å². The molecular formula is C20H34ClN5O. The summed E-state index contributed by atoms with van der Waals surface area (Å²) < 4.78 is 5.48. The van der Waals surface area contributed by atoms with Gasteiger partial charge in [0, 0.05) is 62.7 Å². The molecule has 1 saturated heterocycles. The standard InChI is InChI=1S/C20H34ClN5O/c1-6-22-19(24-15-20(2,3)27-5)23-14-16-17(21)8-7-9-18(16)26-12-10-25(4)11-13-26/h7-9H,6,10-15H2,1-5H3,(H2,22,23,24). The largest absolute Gasteiger partial charge is 0.377 e. The number of anilines is 1. The van der Waals surface area contributed by atoms with Gasteiger partial charge in [-0.15, -0.1) is 0 Å². The summed E-state index contributed by atoms with van der Waals surface area (Å²) in [4.78, 5) is 9.53. The van der Waals surface area contributed by atoms with Crippen LogP contribution < -0.4 is 15.5 Å². The number of hydrogen-bond acceptors (Lipinski definition) is 4. The van der Waals surface area contributed by atoms with Crippen LogP contribution in [-0.2, 0) is 11.3 Å². The number of rotatable bonds is 7. The molecule has 6 nitrogen and oxygen atoms in total. The molecule has 7 heteroatoms. The average Bonchev–Trinajstić information content (AvgIpc) is 2.65. The first-order valence-corrected chi connectivity index (χ1v) is 10.0. The summed E-state index contributed by atoms with van der Waals surface area (Å²) in [7, 11) is 3.88. The number of nitrogens with one attached hydrogen (secondary N) is 2. The molecule has 0 bridgehead atoms. The van der Waals surface area contributed by atoms with Gasteiger partial charge in [0.05, 0.1) is 12.1 Å². The first kappa shape index (κ1) is 21.8. The number of methoxy groups -OCH3 is 1. The van der Waals surface area contributed by atoms with Gasteiger partial charge in [0.25, 0.3) is 0 Å². The summed E-state index contributed by atoms with van der Waals surface area (Å²) in [6.45, 7) is 12.3. The van der Waals surface area contributed by atoms with Gasteiger partial charge in [-0.25, -0.2) is 4.99 Å². The van der Waals surface area contributed by atoms with Crippen LogP contribution in [0.5, 0.6) is 0 Å². The van der Waals surface area contributed by atoms with Gasteiger partial charge in [-0.3, -0.25) is 0 Å². The van der Waals surface area contributed by atoms with Gasteiger partial charge >= 0.3 is 0 Å². The number of ether oxygens (including phenoxy) is 1. The van der Waals surface area contributed by atoms with E-state index >= 15 is 0 Å². The highest BCUT2D eigenvalue weighted by Gasteiger charge is 2.19.